The minimum absolute atomic E-state index is 0.0774. The van der Waals surface area contributed by atoms with Crippen LogP contribution in [-0.2, 0) is 11.3 Å². The Bertz CT molecular complexity index is 1010. The van der Waals surface area contributed by atoms with Crippen LogP contribution in [0.2, 0.25) is 0 Å². The van der Waals surface area contributed by atoms with E-state index in [2.05, 4.69) is 15.5 Å². The van der Waals surface area contributed by atoms with Crippen molar-refractivity contribution >= 4 is 17.7 Å². The summed E-state index contributed by atoms with van der Waals surface area (Å²) in [6.45, 7) is 2.29. The quantitative estimate of drug-likeness (QED) is 0.634. The zero-order chi connectivity index (χ0) is 19.5. The third kappa shape index (κ3) is 3.94. The number of carbonyl (C=O) groups excluding carboxylic acids is 1. The zero-order valence-corrected chi connectivity index (χ0v) is 15.7. The van der Waals surface area contributed by atoms with Crippen molar-refractivity contribution in [2.75, 3.05) is 6.79 Å². The summed E-state index contributed by atoms with van der Waals surface area (Å²) in [6.07, 6.45) is 0. The van der Waals surface area contributed by atoms with E-state index >= 15 is 0 Å². The van der Waals surface area contributed by atoms with Gasteiger partial charge in [-0.05, 0) is 36.8 Å². The lowest BCUT2D eigenvalue weighted by molar-refractivity contribution is -0.120. The summed E-state index contributed by atoms with van der Waals surface area (Å²) in [5.41, 5.74) is 1.12. The Balaban J connectivity index is 1.34. The van der Waals surface area contributed by atoms with Gasteiger partial charge >= 0.3 is 0 Å². The van der Waals surface area contributed by atoms with Crippen molar-refractivity contribution < 1.29 is 23.1 Å². The van der Waals surface area contributed by atoms with Gasteiger partial charge < -0.3 is 19.2 Å². The molecule has 0 spiro atoms. The first kappa shape index (κ1) is 18.3. The zero-order valence-electron chi connectivity index (χ0n) is 14.8. The third-order valence-corrected chi connectivity index (χ3v) is 5.00. The van der Waals surface area contributed by atoms with Crippen LogP contribution in [0.1, 0.15) is 12.5 Å². The highest BCUT2D eigenvalue weighted by Crippen LogP contribution is 2.32. The maximum absolute atomic E-state index is 13.8. The monoisotopic (exact) mass is 401 g/mol. The van der Waals surface area contributed by atoms with Gasteiger partial charge in [-0.1, -0.05) is 30.0 Å². The molecule has 0 aliphatic carbocycles. The first-order valence-corrected chi connectivity index (χ1v) is 9.39. The van der Waals surface area contributed by atoms with Crippen LogP contribution < -0.4 is 14.8 Å². The minimum Gasteiger partial charge on any atom is -0.454 e. The van der Waals surface area contributed by atoms with E-state index in [1.54, 1.807) is 25.1 Å². The molecule has 1 amide bonds. The van der Waals surface area contributed by atoms with E-state index in [4.69, 9.17) is 13.9 Å². The van der Waals surface area contributed by atoms with Crippen molar-refractivity contribution in [1.82, 2.24) is 15.5 Å². The summed E-state index contributed by atoms with van der Waals surface area (Å²) in [4.78, 5) is 12.3. The smallest absolute Gasteiger partial charge is 0.277 e. The maximum Gasteiger partial charge on any atom is 0.277 e. The Morgan fingerprint density at radius 3 is 2.89 bits per heavy atom. The van der Waals surface area contributed by atoms with Crippen LogP contribution in [0.3, 0.4) is 0 Å². The van der Waals surface area contributed by atoms with Gasteiger partial charge in [0.2, 0.25) is 12.7 Å². The van der Waals surface area contributed by atoms with Crippen LogP contribution in [0.5, 0.6) is 11.5 Å². The van der Waals surface area contributed by atoms with Crippen molar-refractivity contribution in [3.05, 3.63) is 53.8 Å². The molecule has 7 nitrogen and oxygen atoms in total. The fourth-order valence-corrected chi connectivity index (χ4v) is 3.30. The molecule has 1 aromatic heterocycles. The molecular weight excluding hydrogens is 385 g/mol. The molecule has 9 heteroatoms. The molecule has 0 fully saturated rings. The molecule has 2 aromatic carbocycles. The van der Waals surface area contributed by atoms with Crippen LogP contribution in [-0.4, -0.2) is 28.1 Å². The van der Waals surface area contributed by atoms with E-state index in [9.17, 15) is 9.18 Å². The van der Waals surface area contributed by atoms with E-state index in [-0.39, 0.29) is 29.4 Å². The van der Waals surface area contributed by atoms with Crippen LogP contribution in [0.4, 0.5) is 4.39 Å². The Morgan fingerprint density at radius 1 is 1.21 bits per heavy atom. The van der Waals surface area contributed by atoms with Gasteiger partial charge in [0.1, 0.15) is 5.82 Å². The standard InChI is InChI=1S/C19H16FN3O4S/c1-11(17(24)21-9-12-6-7-15-16(8-12)26-10-25-15)28-19-23-22-18(27-19)13-4-2-3-5-14(13)20/h2-8,11H,9-10H2,1H3,(H,21,24)/t11-/m1/s1. The summed E-state index contributed by atoms with van der Waals surface area (Å²) in [7, 11) is 0. The van der Waals surface area contributed by atoms with Gasteiger partial charge in [-0.3, -0.25) is 4.79 Å². The number of ether oxygens (including phenoxy) is 2. The molecule has 4 rings (SSSR count). The number of hydrogen-bond donors (Lipinski definition) is 1. The summed E-state index contributed by atoms with van der Waals surface area (Å²) in [5.74, 6) is 0.806. The van der Waals surface area contributed by atoms with Gasteiger partial charge in [0.05, 0.1) is 10.8 Å². The molecule has 0 saturated carbocycles. The molecule has 0 radical (unpaired) electrons. The van der Waals surface area contributed by atoms with E-state index in [0.717, 1.165) is 17.3 Å². The lowest BCUT2D eigenvalue weighted by atomic mass is 10.2. The molecule has 144 valence electrons. The molecule has 1 atom stereocenters. The molecule has 0 saturated heterocycles. The van der Waals surface area contributed by atoms with Crippen LogP contribution in [0, 0.1) is 5.82 Å². The summed E-state index contributed by atoms with van der Waals surface area (Å²) in [6, 6.07) is 11.6. The van der Waals surface area contributed by atoms with Crippen molar-refractivity contribution in [2.24, 2.45) is 0 Å². The number of rotatable bonds is 6. The number of hydrogen-bond acceptors (Lipinski definition) is 7. The fraction of sp³-hybridized carbons (Fsp3) is 0.211. The Labute approximate surface area is 164 Å². The van der Waals surface area contributed by atoms with Crippen LogP contribution >= 0.6 is 11.8 Å². The Hall–Kier alpha value is -3.07. The number of carbonyl (C=O) groups is 1. The largest absolute Gasteiger partial charge is 0.454 e. The number of benzene rings is 2. The number of amides is 1. The number of nitrogens with one attached hydrogen (secondary N) is 1. The highest BCUT2D eigenvalue weighted by Gasteiger charge is 2.20. The maximum atomic E-state index is 13.8. The van der Waals surface area contributed by atoms with Crippen molar-refractivity contribution in [1.29, 1.82) is 0 Å². The second kappa shape index (κ2) is 7.89. The molecule has 28 heavy (non-hydrogen) atoms. The SMILES string of the molecule is C[C@@H](Sc1nnc(-c2ccccc2F)o1)C(=O)NCc1ccc2c(c1)OCO2. The topological polar surface area (TPSA) is 86.5 Å². The van der Waals surface area contributed by atoms with Crippen molar-refractivity contribution in [3.8, 4) is 23.0 Å². The molecule has 0 bridgehead atoms. The number of thioether (sulfide) groups is 1. The van der Waals surface area contributed by atoms with Gasteiger partial charge in [0.15, 0.2) is 11.5 Å². The second-order valence-electron chi connectivity index (χ2n) is 6.02. The Morgan fingerprint density at radius 2 is 2.04 bits per heavy atom. The van der Waals surface area contributed by atoms with Crippen LogP contribution in [0.25, 0.3) is 11.5 Å². The van der Waals surface area contributed by atoms with Gasteiger partial charge in [-0.2, -0.15) is 0 Å². The molecule has 1 aliphatic heterocycles. The average molecular weight is 401 g/mol. The lowest BCUT2D eigenvalue weighted by Crippen LogP contribution is -2.30. The summed E-state index contributed by atoms with van der Waals surface area (Å²) in [5, 5.41) is 10.3. The number of nitrogens with zero attached hydrogens (tertiary/aromatic N) is 2. The highest BCUT2D eigenvalue weighted by molar-refractivity contribution is 8.00. The predicted molar refractivity (Wildman–Crippen MR) is 99.4 cm³/mol. The van der Waals surface area contributed by atoms with E-state index in [1.807, 2.05) is 18.2 Å². The van der Waals surface area contributed by atoms with Gasteiger partial charge in [-0.15, -0.1) is 10.2 Å². The van der Waals surface area contributed by atoms with E-state index < -0.39 is 11.1 Å². The molecule has 3 aromatic rings. The van der Waals surface area contributed by atoms with Crippen molar-refractivity contribution in [3.63, 3.8) is 0 Å². The second-order valence-corrected chi connectivity index (χ2v) is 7.31. The normalized spacial score (nSPS) is 13.4. The molecule has 1 N–H and O–H groups in total. The molecule has 1 aliphatic rings. The highest BCUT2D eigenvalue weighted by atomic mass is 32.2. The Kier molecular flexibility index (Phi) is 5.16. The third-order valence-electron chi connectivity index (χ3n) is 4.06. The fourth-order valence-electron chi connectivity index (χ4n) is 2.59. The summed E-state index contributed by atoms with van der Waals surface area (Å²) < 4.78 is 29.9. The molecular formula is C19H16FN3O4S. The first-order valence-electron chi connectivity index (χ1n) is 8.51. The first-order chi connectivity index (χ1) is 13.6. The number of halogens is 1. The molecule has 0 unspecified atom stereocenters. The van der Waals surface area contributed by atoms with E-state index in [1.165, 1.54) is 6.07 Å². The average Bonchev–Trinajstić information content (AvgIpc) is 3.35. The van der Waals surface area contributed by atoms with Gasteiger partial charge in [-0.25, -0.2) is 4.39 Å². The lowest BCUT2D eigenvalue weighted by Gasteiger charge is -2.10. The minimum atomic E-state index is -0.470. The van der Waals surface area contributed by atoms with Crippen molar-refractivity contribution in [2.45, 2.75) is 23.9 Å². The van der Waals surface area contributed by atoms with Crippen LogP contribution in [0.15, 0.2) is 52.1 Å². The summed E-state index contributed by atoms with van der Waals surface area (Å²) >= 11 is 1.11. The number of aromatic nitrogens is 2. The number of fused-ring (bicyclic) bond motifs is 1. The molecule has 2 heterocycles. The van der Waals surface area contributed by atoms with Gasteiger partial charge in [0.25, 0.3) is 11.1 Å². The van der Waals surface area contributed by atoms with E-state index in [0.29, 0.717) is 18.0 Å². The van der Waals surface area contributed by atoms with Gasteiger partial charge in [0, 0.05) is 6.54 Å². The predicted octanol–water partition coefficient (Wildman–Crippen LogP) is 3.40.